The summed E-state index contributed by atoms with van der Waals surface area (Å²) in [6, 6.07) is 5.76. The molecule has 3 N–H and O–H groups in total. The lowest BCUT2D eigenvalue weighted by molar-refractivity contribution is 0.158. The van der Waals surface area contributed by atoms with Crippen molar-refractivity contribution in [1.29, 1.82) is 0 Å². The molecule has 0 aliphatic carbocycles. The van der Waals surface area contributed by atoms with Crippen molar-refractivity contribution < 1.29 is 8.78 Å². The SMILES string of the molecule is Cc1cc(C)cc(NC(N)=NCC(F)F)c1. The minimum Gasteiger partial charge on any atom is -0.370 e. The van der Waals surface area contributed by atoms with E-state index in [4.69, 9.17) is 5.73 Å². The van der Waals surface area contributed by atoms with Gasteiger partial charge in [-0.05, 0) is 37.1 Å². The van der Waals surface area contributed by atoms with Gasteiger partial charge in [-0.1, -0.05) is 6.07 Å². The van der Waals surface area contributed by atoms with Gasteiger partial charge in [0.05, 0.1) is 0 Å². The standard InChI is InChI=1S/C11H15F2N3/c1-7-3-8(2)5-9(4-7)16-11(14)15-6-10(12)13/h3-5,10H,6H2,1-2H3,(H3,14,15,16). The van der Waals surface area contributed by atoms with Crippen molar-refractivity contribution in [3.05, 3.63) is 29.3 Å². The van der Waals surface area contributed by atoms with Gasteiger partial charge in [-0.25, -0.2) is 13.8 Å². The van der Waals surface area contributed by atoms with Gasteiger partial charge in [-0.3, -0.25) is 0 Å². The Hall–Kier alpha value is -1.65. The van der Waals surface area contributed by atoms with E-state index in [1.165, 1.54) is 0 Å². The molecule has 0 saturated carbocycles. The number of benzene rings is 1. The molecule has 0 bridgehead atoms. The van der Waals surface area contributed by atoms with Gasteiger partial charge < -0.3 is 11.1 Å². The Morgan fingerprint density at radius 2 is 1.88 bits per heavy atom. The van der Waals surface area contributed by atoms with Crippen LogP contribution in [0.4, 0.5) is 14.5 Å². The van der Waals surface area contributed by atoms with Crippen molar-refractivity contribution in [3.63, 3.8) is 0 Å². The first kappa shape index (κ1) is 12.4. The number of nitrogens with zero attached hydrogens (tertiary/aromatic N) is 1. The van der Waals surface area contributed by atoms with Crippen LogP contribution in [0.15, 0.2) is 23.2 Å². The first-order valence-corrected chi connectivity index (χ1v) is 4.91. The Morgan fingerprint density at radius 1 is 1.31 bits per heavy atom. The van der Waals surface area contributed by atoms with E-state index >= 15 is 0 Å². The van der Waals surface area contributed by atoms with Crippen LogP contribution in [0.5, 0.6) is 0 Å². The molecule has 3 nitrogen and oxygen atoms in total. The highest BCUT2D eigenvalue weighted by atomic mass is 19.3. The second kappa shape index (κ2) is 5.44. The Kier molecular flexibility index (Phi) is 4.22. The number of hydrogen-bond acceptors (Lipinski definition) is 1. The topological polar surface area (TPSA) is 50.4 Å². The molecule has 0 atom stereocenters. The Balaban J connectivity index is 2.69. The lowest BCUT2D eigenvalue weighted by Crippen LogP contribution is -2.23. The van der Waals surface area contributed by atoms with E-state index in [0.717, 1.165) is 16.8 Å². The summed E-state index contributed by atoms with van der Waals surface area (Å²) in [5, 5.41) is 2.77. The molecule has 5 heteroatoms. The lowest BCUT2D eigenvalue weighted by Gasteiger charge is -2.07. The van der Waals surface area contributed by atoms with Gasteiger partial charge in [-0.2, -0.15) is 0 Å². The number of aryl methyl sites for hydroxylation is 2. The van der Waals surface area contributed by atoms with Crippen molar-refractivity contribution in [2.75, 3.05) is 11.9 Å². The van der Waals surface area contributed by atoms with E-state index in [1.54, 1.807) is 0 Å². The van der Waals surface area contributed by atoms with Gasteiger partial charge in [0.2, 0.25) is 0 Å². The van der Waals surface area contributed by atoms with Crippen molar-refractivity contribution in [2.45, 2.75) is 20.3 Å². The van der Waals surface area contributed by atoms with Gasteiger partial charge in [0.1, 0.15) is 6.54 Å². The number of guanidine groups is 1. The number of rotatable bonds is 3. The highest BCUT2D eigenvalue weighted by molar-refractivity contribution is 5.92. The minimum absolute atomic E-state index is 0.00491. The van der Waals surface area contributed by atoms with E-state index in [1.807, 2.05) is 32.0 Å². The second-order valence-corrected chi connectivity index (χ2v) is 3.62. The summed E-state index contributed by atoms with van der Waals surface area (Å²) in [4.78, 5) is 3.51. The smallest absolute Gasteiger partial charge is 0.257 e. The fourth-order valence-electron chi connectivity index (χ4n) is 1.40. The summed E-state index contributed by atoms with van der Waals surface area (Å²) >= 11 is 0. The van der Waals surface area contributed by atoms with Gasteiger partial charge in [0.15, 0.2) is 5.96 Å². The van der Waals surface area contributed by atoms with E-state index in [0.29, 0.717) is 0 Å². The summed E-state index contributed by atoms with van der Waals surface area (Å²) in [7, 11) is 0. The summed E-state index contributed by atoms with van der Waals surface area (Å²) in [6.45, 7) is 3.32. The molecule has 0 aliphatic heterocycles. The fraction of sp³-hybridized carbons (Fsp3) is 0.364. The molecule has 0 unspecified atom stereocenters. The maximum absolute atomic E-state index is 11.9. The Bertz CT molecular complexity index is 369. The number of aliphatic imine (C=N–C) groups is 1. The molecule has 1 aromatic carbocycles. The molecule has 0 aliphatic rings. The van der Waals surface area contributed by atoms with Crippen molar-refractivity contribution in [3.8, 4) is 0 Å². The van der Waals surface area contributed by atoms with Crippen molar-refractivity contribution in [2.24, 2.45) is 10.7 Å². The first-order chi connectivity index (χ1) is 7.47. The zero-order chi connectivity index (χ0) is 12.1. The molecular formula is C11H15F2N3. The average Bonchev–Trinajstić information content (AvgIpc) is 2.12. The zero-order valence-corrected chi connectivity index (χ0v) is 9.30. The molecule has 0 amide bonds. The van der Waals surface area contributed by atoms with Gasteiger partial charge in [0, 0.05) is 5.69 Å². The van der Waals surface area contributed by atoms with Crippen LogP contribution in [0.1, 0.15) is 11.1 Å². The normalized spacial score (nSPS) is 11.9. The van der Waals surface area contributed by atoms with Gasteiger partial charge >= 0.3 is 0 Å². The van der Waals surface area contributed by atoms with E-state index in [-0.39, 0.29) is 5.96 Å². The Labute approximate surface area is 93.4 Å². The lowest BCUT2D eigenvalue weighted by atomic mass is 10.1. The molecule has 16 heavy (non-hydrogen) atoms. The quantitative estimate of drug-likeness (QED) is 0.615. The number of nitrogens with two attached hydrogens (primary N) is 1. The third-order valence-corrected chi connectivity index (χ3v) is 1.89. The molecule has 0 saturated heterocycles. The third-order valence-electron chi connectivity index (χ3n) is 1.89. The maximum atomic E-state index is 11.9. The van der Waals surface area contributed by atoms with Gasteiger partial charge in [-0.15, -0.1) is 0 Å². The van der Waals surface area contributed by atoms with E-state index < -0.39 is 13.0 Å². The predicted molar refractivity (Wildman–Crippen MR) is 62.0 cm³/mol. The molecule has 1 aromatic rings. The van der Waals surface area contributed by atoms with Crippen LogP contribution < -0.4 is 11.1 Å². The van der Waals surface area contributed by atoms with E-state index in [2.05, 4.69) is 10.3 Å². The average molecular weight is 227 g/mol. The summed E-state index contributed by atoms with van der Waals surface area (Å²) < 4.78 is 23.7. The molecule has 0 aromatic heterocycles. The molecule has 88 valence electrons. The molecule has 0 fully saturated rings. The highest BCUT2D eigenvalue weighted by Gasteiger charge is 2.01. The summed E-state index contributed by atoms with van der Waals surface area (Å²) in [5.41, 5.74) is 8.36. The van der Waals surface area contributed by atoms with Crippen LogP contribution >= 0.6 is 0 Å². The van der Waals surface area contributed by atoms with Crippen LogP contribution in [0.2, 0.25) is 0 Å². The molecule has 0 spiro atoms. The van der Waals surface area contributed by atoms with Gasteiger partial charge in [0.25, 0.3) is 6.43 Å². The number of nitrogens with one attached hydrogen (secondary N) is 1. The van der Waals surface area contributed by atoms with Crippen LogP contribution in [0, 0.1) is 13.8 Å². The number of alkyl halides is 2. The van der Waals surface area contributed by atoms with Crippen molar-refractivity contribution >= 4 is 11.6 Å². The Morgan fingerprint density at radius 3 is 2.38 bits per heavy atom. The first-order valence-electron chi connectivity index (χ1n) is 4.91. The predicted octanol–water partition coefficient (Wildman–Crippen LogP) is 2.30. The van der Waals surface area contributed by atoms with E-state index in [9.17, 15) is 8.78 Å². The largest absolute Gasteiger partial charge is 0.370 e. The third kappa shape index (κ3) is 4.25. The van der Waals surface area contributed by atoms with Crippen LogP contribution in [-0.4, -0.2) is 18.9 Å². The number of halogens is 2. The molecule has 0 heterocycles. The van der Waals surface area contributed by atoms with Crippen LogP contribution in [0.25, 0.3) is 0 Å². The fourth-order valence-corrected chi connectivity index (χ4v) is 1.40. The zero-order valence-electron chi connectivity index (χ0n) is 9.30. The molecule has 0 radical (unpaired) electrons. The molecular weight excluding hydrogens is 212 g/mol. The number of anilines is 1. The second-order valence-electron chi connectivity index (χ2n) is 3.62. The van der Waals surface area contributed by atoms with Crippen LogP contribution in [0.3, 0.4) is 0 Å². The molecule has 1 rings (SSSR count). The maximum Gasteiger partial charge on any atom is 0.257 e. The summed E-state index contributed by atoms with van der Waals surface area (Å²) in [6.07, 6.45) is -2.47. The highest BCUT2D eigenvalue weighted by Crippen LogP contribution is 2.13. The monoisotopic (exact) mass is 227 g/mol. The van der Waals surface area contributed by atoms with Crippen molar-refractivity contribution in [1.82, 2.24) is 0 Å². The minimum atomic E-state index is -2.47. The number of hydrogen-bond donors (Lipinski definition) is 2. The van der Waals surface area contributed by atoms with Crippen LogP contribution in [-0.2, 0) is 0 Å². The summed E-state index contributed by atoms with van der Waals surface area (Å²) in [5.74, 6) is 0.00491.